The van der Waals surface area contributed by atoms with Crippen molar-refractivity contribution in [2.24, 2.45) is 5.92 Å². The standard InChI is InChI=1S/C11H14F3N3O2/c1-5(2)6-3-8(11(12,13)14)17-9(15-6)4-7(16-17)10(18)19/h4-6,8,15H,3H2,1-2H3,(H,18,19)/p-1/t6-,8+/m1/s1. The molecule has 8 heteroatoms. The Kier molecular flexibility index (Phi) is 3.19. The average Bonchev–Trinajstić information content (AvgIpc) is 2.69. The van der Waals surface area contributed by atoms with E-state index >= 15 is 0 Å². The van der Waals surface area contributed by atoms with E-state index in [9.17, 15) is 23.1 Å². The van der Waals surface area contributed by atoms with E-state index in [2.05, 4.69) is 10.4 Å². The van der Waals surface area contributed by atoms with E-state index in [0.29, 0.717) is 4.68 Å². The zero-order chi connectivity index (χ0) is 14.4. The fourth-order valence-electron chi connectivity index (χ4n) is 2.14. The smallest absolute Gasteiger partial charge is 0.410 e. The minimum atomic E-state index is -4.47. The molecule has 5 nitrogen and oxygen atoms in total. The van der Waals surface area contributed by atoms with Crippen LogP contribution in [0.15, 0.2) is 6.07 Å². The number of alkyl halides is 3. The van der Waals surface area contributed by atoms with Crippen LogP contribution in [-0.2, 0) is 0 Å². The van der Waals surface area contributed by atoms with Crippen LogP contribution >= 0.6 is 0 Å². The molecule has 1 aliphatic heterocycles. The van der Waals surface area contributed by atoms with Gasteiger partial charge in [-0.2, -0.15) is 18.3 Å². The van der Waals surface area contributed by atoms with Gasteiger partial charge in [0.25, 0.3) is 0 Å². The SMILES string of the molecule is CC(C)[C@H]1C[C@@H](C(F)(F)F)n2nc(C(=O)[O-])cc2N1. The fraction of sp³-hybridized carbons (Fsp3) is 0.636. The summed E-state index contributed by atoms with van der Waals surface area (Å²) in [5, 5.41) is 17.0. The number of carbonyl (C=O) groups excluding carboxylic acids is 1. The number of anilines is 1. The number of rotatable bonds is 2. The van der Waals surface area contributed by atoms with Crippen molar-refractivity contribution in [3.05, 3.63) is 11.8 Å². The number of hydrogen-bond donors (Lipinski definition) is 1. The van der Waals surface area contributed by atoms with Crippen LogP contribution in [0, 0.1) is 5.92 Å². The van der Waals surface area contributed by atoms with Crippen LogP contribution in [0.25, 0.3) is 0 Å². The average molecular weight is 276 g/mol. The quantitative estimate of drug-likeness (QED) is 0.881. The van der Waals surface area contributed by atoms with E-state index in [1.54, 1.807) is 13.8 Å². The van der Waals surface area contributed by atoms with E-state index in [0.717, 1.165) is 6.07 Å². The molecule has 0 bridgehead atoms. The molecule has 2 heterocycles. The highest BCUT2D eigenvalue weighted by atomic mass is 19.4. The van der Waals surface area contributed by atoms with Gasteiger partial charge >= 0.3 is 6.18 Å². The molecule has 1 aromatic rings. The molecule has 19 heavy (non-hydrogen) atoms. The molecular formula is C11H13F3N3O2-. The Bertz CT molecular complexity index is 496. The highest BCUT2D eigenvalue weighted by molar-refractivity contribution is 5.84. The number of aromatic carboxylic acids is 1. The summed E-state index contributed by atoms with van der Waals surface area (Å²) in [6, 6.07) is -1.13. The van der Waals surface area contributed by atoms with Gasteiger partial charge in [0, 0.05) is 12.1 Å². The first-order chi connectivity index (χ1) is 8.70. The summed E-state index contributed by atoms with van der Waals surface area (Å²) in [4.78, 5) is 10.7. The molecule has 0 saturated carbocycles. The lowest BCUT2D eigenvalue weighted by atomic mass is 9.94. The van der Waals surface area contributed by atoms with Gasteiger partial charge in [-0.05, 0) is 12.3 Å². The second kappa shape index (κ2) is 4.43. The third kappa shape index (κ3) is 2.52. The van der Waals surface area contributed by atoms with E-state index < -0.39 is 23.9 Å². The molecule has 106 valence electrons. The van der Waals surface area contributed by atoms with E-state index in [1.807, 2.05) is 0 Å². The molecule has 0 radical (unpaired) electrons. The van der Waals surface area contributed by atoms with Crippen LogP contribution in [0.4, 0.5) is 19.0 Å². The van der Waals surface area contributed by atoms with Crippen molar-refractivity contribution in [3.63, 3.8) is 0 Å². The summed E-state index contributed by atoms with van der Waals surface area (Å²) < 4.78 is 39.7. The van der Waals surface area contributed by atoms with Gasteiger partial charge in [0.05, 0.1) is 5.97 Å². The summed E-state index contributed by atoms with van der Waals surface area (Å²) in [5.74, 6) is -1.54. The largest absolute Gasteiger partial charge is 0.543 e. The number of nitrogens with zero attached hydrogens (tertiary/aromatic N) is 2. The van der Waals surface area contributed by atoms with Crippen molar-refractivity contribution in [1.82, 2.24) is 9.78 Å². The molecule has 0 aromatic carbocycles. The van der Waals surface area contributed by atoms with Crippen LogP contribution < -0.4 is 10.4 Å². The van der Waals surface area contributed by atoms with Gasteiger partial charge in [-0.1, -0.05) is 13.8 Å². The van der Waals surface area contributed by atoms with Crippen molar-refractivity contribution in [2.75, 3.05) is 5.32 Å². The highest BCUT2D eigenvalue weighted by Crippen LogP contribution is 2.40. The first-order valence-corrected chi connectivity index (χ1v) is 5.84. The molecule has 0 aliphatic carbocycles. The second-order valence-corrected chi connectivity index (χ2v) is 4.93. The monoisotopic (exact) mass is 276 g/mol. The lowest BCUT2D eigenvalue weighted by Crippen LogP contribution is -2.41. The lowest BCUT2D eigenvalue weighted by Gasteiger charge is -2.35. The number of hydrogen-bond acceptors (Lipinski definition) is 4. The molecule has 1 aliphatic rings. The topological polar surface area (TPSA) is 70.0 Å². The van der Waals surface area contributed by atoms with Crippen molar-refractivity contribution in [1.29, 1.82) is 0 Å². The first kappa shape index (κ1) is 13.7. The van der Waals surface area contributed by atoms with E-state index in [-0.39, 0.29) is 24.2 Å². The summed E-state index contributed by atoms with van der Waals surface area (Å²) >= 11 is 0. The number of carboxylic acids is 1. The zero-order valence-electron chi connectivity index (χ0n) is 10.4. The molecule has 0 unspecified atom stereocenters. The Morgan fingerprint density at radius 2 is 2.21 bits per heavy atom. The van der Waals surface area contributed by atoms with Crippen LogP contribution in [0.2, 0.25) is 0 Å². The van der Waals surface area contributed by atoms with Gasteiger partial charge in [-0.3, -0.25) is 0 Å². The molecule has 2 atom stereocenters. The molecule has 2 rings (SSSR count). The van der Waals surface area contributed by atoms with Gasteiger partial charge in [-0.25, -0.2) is 4.68 Å². The van der Waals surface area contributed by atoms with Gasteiger partial charge < -0.3 is 15.2 Å². The minimum absolute atomic E-state index is 0.0140. The van der Waals surface area contributed by atoms with Crippen LogP contribution in [0.5, 0.6) is 0 Å². The Balaban J connectivity index is 2.44. The second-order valence-electron chi connectivity index (χ2n) is 4.93. The van der Waals surface area contributed by atoms with Crippen LogP contribution in [-0.4, -0.2) is 28.0 Å². The Labute approximate surface area is 107 Å². The molecule has 0 fully saturated rings. The summed E-state index contributed by atoms with van der Waals surface area (Å²) in [7, 11) is 0. The predicted octanol–water partition coefficient (Wildman–Crippen LogP) is 1.19. The number of fused-ring (bicyclic) bond motifs is 1. The van der Waals surface area contributed by atoms with Gasteiger partial charge in [0.1, 0.15) is 11.5 Å². The molecular weight excluding hydrogens is 263 g/mol. The number of nitrogens with one attached hydrogen (secondary N) is 1. The summed E-state index contributed by atoms with van der Waals surface area (Å²) in [6.07, 6.45) is -4.65. The summed E-state index contributed by atoms with van der Waals surface area (Å²) in [5.41, 5.74) is -0.499. The maximum Gasteiger partial charge on any atom is 0.410 e. The molecule has 1 aromatic heterocycles. The molecule has 1 N–H and O–H groups in total. The van der Waals surface area contributed by atoms with Gasteiger partial charge in [0.15, 0.2) is 6.04 Å². The van der Waals surface area contributed by atoms with Gasteiger partial charge in [0.2, 0.25) is 0 Å². The Morgan fingerprint density at radius 3 is 2.68 bits per heavy atom. The fourth-order valence-corrected chi connectivity index (χ4v) is 2.14. The van der Waals surface area contributed by atoms with Crippen molar-refractivity contribution in [3.8, 4) is 0 Å². The van der Waals surface area contributed by atoms with E-state index in [1.165, 1.54) is 0 Å². The molecule has 0 amide bonds. The Hall–Kier alpha value is -1.73. The minimum Gasteiger partial charge on any atom is -0.543 e. The predicted molar refractivity (Wildman–Crippen MR) is 58.5 cm³/mol. The molecule has 0 saturated heterocycles. The number of aromatic nitrogens is 2. The number of halogens is 3. The van der Waals surface area contributed by atoms with E-state index in [4.69, 9.17) is 0 Å². The first-order valence-electron chi connectivity index (χ1n) is 5.84. The number of carbonyl (C=O) groups is 1. The normalized spacial score (nSPS) is 23.1. The zero-order valence-corrected chi connectivity index (χ0v) is 10.4. The Morgan fingerprint density at radius 1 is 1.58 bits per heavy atom. The molecule has 0 spiro atoms. The summed E-state index contributed by atoms with van der Waals surface area (Å²) in [6.45, 7) is 3.60. The maximum absolute atomic E-state index is 13.0. The maximum atomic E-state index is 13.0. The van der Waals surface area contributed by atoms with Crippen molar-refractivity contribution < 1.29 is 23.1 Å². The van der Waals surface area contributed by atoms with Gasteiger partial charge in [-0.15, -0.1) is 0 Å². The van der Waals surface area contributed by atoms with Crippen molar-refractivity contribution >= 4 is 11.8 Å². The van der Waals surface area contributed by atoms with Crippen LogP contribution in [0.1, 0.15) is 36.8 Å². The highest BCUT2D eigenvalue weighted by Gasteiger charge is 2.46. The number of carboxylic acid groups (broad SMARTS) is 1. The lowest BCUT2D eigenvalue weighted by molar-refractivity contribution is -0.255. The van der Waals surface area contributed by atoms with Crippen LogP contribution in [0.3, 0.4) is 0 Å². The third-order valence-corrected chi connectivity index (χ3v) is 3.23. The van der Waals surface area contributed by atoms with Crippen molar-refractivity contribution in [2.45, 2.75) is 38.5 Å². The third-order valence-electron chi connectivity index (χ3n) is 3.23.